The third kappa shape index (κ3) is 6.39. The first kappa shape index (κ1) is 22.5. The Labute approximate surface area is 185 Å². The molecule has 0 aliphatic carbocycles. The van der Waals surface area contributed by atoms with E-state index in [9.17, 15) is 14.4 Å². The van der Waals surface area contributed by atoms with Gasteiger partial charge < -0.3 is 14.8 Å². The fourth-order valence-corrected chi connectivity index (χ4v) is 3.97. The van der Waals surface area contributed by atoms with Crippen LogP contribution in [0.3, 0.4) is 0 Å². The van der Waals surface area contributed by atoms with Gasteiger partial charge in [0.2, 0.25) is 0 Å². The van der Waals surface area contributed by atoms with Crippen LogP contribution in [0, 0.1) is 0 Å². The average Bonchev–Trinajstić information content (AvgIpc) is 3.13. The smallest absolute Gasteiger partial charge is 0.408 e. The minimum absolute atomic E-state index is 0.224. The van der Waals surface area contributed by atoms with Gasteiger partial charge in [-0.2, -0.15) is 0 Å². The summed E-state index contributed by atoms with van der Waals surface area (Å²) in [4.78, 5) is 37.4. The van der Waals surface area contributed by atoms with Crippen molar-refractivity contribution in [3.8, 4) is 0 Å². The molecule has 0 spiro atoms. The van der Waals surface area contributed by atoms with Crippen molar-refractivity contribution in [2.45, 2.75) is 38.8 Å². The molecule has 1 aromatic heterocycles. The van der Waals surface area contributed by atoms with Gasteiger partial charge in [-0.05, 0) is 43.2 Å². The topological polar surface area (TPSA) is 81.7 Å². The maximum atomic E-state index is 12.8. The van der Waals surface area contributed by atoms with E-state index in [4.69, 9.17) is 9.47 Å². The number of ketones is 1. The summed E-state index contributed by atoms with van der Waals surface area (Å²) in [6.45, 7) is 4.82. The molecule has 0 saturated carbocycles. The Morgan fingerprint density at radius 2 is 1.68 bits per heavy atom. The Bertz CT molecular complexity index is 1070. The molecule has 2 aromatic carbocycles. The first-order chi connectivity index (χ1) is 14.7. The fourth-order valence-electron chi connectivity index (χ4n) is 3.00. The van der Waals surface area contributed by atoms with Crippen LogP contribution in [0.5, 0.6) is 0 Å². The highest BCUT2D eigenvalue weighted by Gasteiger charge is 2.27. The lowest BCUT2D eigenvalue weighted by Gasteiger charge is -2.23. The molecule has 3 rings (SSSR count). The summed E-state index contributed by atoms with van der Waals surface area (Å²) in [5.74, 6) is -1.00. The maximum absolute atomic E-state index is 12.8. The molecule has 1 atom stereocenters. The van der Waals surface area contributed by atoms with Crippen molar-refractivity contribution in [3.05, 3.63) is 71.1 Å². The number of carbonyl (C=O) groups is 3. The number of hydrogen-bond donors (Lipinski definition) is 1. The predicted molar refractivity (Wildman–Crippen MR) is 120 cm³/mol. The number of amides is 1. The summed E-state index contributed by atoms with van der Waals surface area (Å²) in [6, 6.07) is 15.4. The van der Waals surface area contributed by atoms with Crippen molar-refractivity contribution >= 4 is 39.3 Å². The van der Waals surface area contributed by atoms with Crippen molar-refractivity contribution < 1.29 is 23.9 Å². The van der Waals surface area contributed by atoms with Gasteiger partial charge in [0, 0.05) is 16.7 Å². The van der Waals surface area contributed by atoms with Crippen LogP contribution in [0.4, 0.5) is 4.79 Å². The molecule has 1 N–H and O–H groups in total. The summed E-state index contributed by atoms with van der Waals surface area (Å²) in [6.07, 6.45) is -0.495. The molecule has 31 heavy (non-hydrogen) atoms. The van der Waals surface area contributed by atoms with Crippen LogP contribution in [0.1, 0.15) is 36.7 Å². The molecule has 0 bridgehead atoms. The lowest BCUT2D eigenvalue weighted by Crippen LogP contribution is -2.45. The van der Waals surface area contributed by atoms with Gasteiger partial charge in [-0.25, -0.2) is 9.59 Å². The molecule has 0 radical (unpaired) electrons. The largest absolute Gasteiger partial charge is 0.456 e. The Balaban J connectivity index is 1.73. The standard InChI is InChI=1S/C24H25NO5S/c1-24(2,3)30-23(28)25-19(13-17-15-31-21-12-8-7-11-18(17)21)22(27)29-14-20(26)16-9-5-4-6-10-16/h4-12,15,19H,13-14H2,1-3H3,(H,25,28)/t19-/m1/s1. The molecule has 1 heterocycles. The van der Waals surface area contributed by atoms with Gasteiger partial charge in [0.1, 0.15) is 11.6 Å². The Hall–Kier alpha value is -3.19. The first-order valence-electron chi connectivity index (χ1n) is 9.92. The Morgan fingerprint density at radius 1 is 1.00 bits per heavy atom. The zero-order chi connectivity index (χ0) is 22.4. The van der Waals surface area contributed by atoms with Gasteiger partial charge in [-0.3, -0.25) is 4.79 Å². The third-order valence-electron chi connectivity index (χ3n) is 4.40. The number of nitrogens with one attached hydrogen (secondary N) is 1. The monoisotopic (exact) mass is 439 g/mol. The molecular formula is C24H25NO5S. The molecule has 0 aliphatic rings. The van der Waals surface area contributed by atoms with Crippen LogP contribution in [-0.2, 0) is 20.7 Å². The number of esters is 1. The molecule has 1 amide bonds. The lowest BCUT2D eigenvalue weighted by molar-refractivity contribution is -0.145. The van der Waals surface area contributed by atoms with Crippen LogP contribution < -0.4 is 5.32 Å². The molecule has 3 aromatic rings. The fraction of sp³-hybridized carbons (Fsp3) is 0.292. The number of hydrogen-bond acceptors (Lipinski definition) is 6. The minimum Gasteiger partial charge on any atom is -0.456 e. The number of carbonyl (C=O) groups excluding carboxylic acids is 3. The molecule has 7 heteroatoms. The number of ether oxygens (including phenoxy) is 2. The van der Waals surface area contributed by atoms with Gasteiger partial charge in [0.15, 0.2) is 12.4 Å². The van der Waals surface area contributed by atoms with E-state index in [0.29, 0.717) is 5.56 Å². The van der Waals surface area contributed by atoms with Gasteiger partial charge in [0.25, 0.3) is 0 Å². The highest BCUT2D eigenvalue weighted by atomic mass is 32.1. The van der Waals surface area contributed by atoms with Crippen molar-refractivity contribution in [2.75, 3.05) is 6.61 Å². The second kappa shape index (κ2) is 9.75. The van der Waals surface area contributed by atoms with Crippen LogP contribution in [-0.4, -0.2) is 36.1 Å². The van der Waals surface area contributed by atoms with Crippen molar-refractivity contribution in [3.63, 3.8) is 0 Å². The molecule has 162 valence electrons. The third-order valence-corrected chi connectivity index (χ3v) is 5.41. The molecule has 0 saturated heterocycles. The van der Waals surface area contributed by atoms with Crippen LogP contribution >= 0.6 is 11.3 Å². The van der Waals surface area contributed by atoms with Gasteiger partial charge in [-0.15, -0.1) is 11.3 Å². The lowest BCUT2D eigenvalue weighted by atomic mass is 10.1. The van der Waals surface area contributed by atoms with Crippen LogP contribution in [0.25, 0.3) is 10.1 Å². The molecule has 0 fully saturated rings. The Kier molecular flexibility index (Phi) is 7.07. The summed E-state index contributed by atoms with van der Waals surface area (Å²) < 4.78 is 11.6. The molecule has 6 nitrogen and oxygen atoms in total. The number of rotatable bonds is 7. The quantitative estimate of drug-likeness (QED) is 0.424. The van der Waals surface area contributed by atoms with E-state index in [0.717, 1.165) is 15.6 Å². The second-order valence-electron chi connectivity index (χ2n) is 8.06. The van der Waals surface area contributed by atoms with Crippen molar-refractivity contribution in [2.24, 2.45) is 0 Å². The summed E-state index contributed by atoms with van der Waals surface area (Å²) >= 11 is 1.56. The summed E-state index contributed by atoms with van der Waals surface area (Å²) in [5, 5.41) is 5.56. The number of benzene rings is 2. The SMILES string of the molecule is CC(C)(C)OC(=O)N[C@H](Cc1csc2ccccc12)C(=O)OCC(=O)c1ccccc1. The van der Waals surface area contributed by atoms with E-state index in [1.54, 1.807) is 62.4 Å². The average molecular weight is 440 g/mol. The zero-order valence-corrected chi connectivity index (χ0v) is 18.5. The van der Waals surface area contributed by atoms with E-state index >= 15 is 0 Å². The second-order valence-corrected chi connectivity index (χ2v) is 8.97. The highest BCUT2D eigenvalue weighted by molar-refractivity contribution is 7.17. The van der Waals surface area contributed by atoms with E-state index < -0.39 is 30.3 Å². The number of thiophene rings is 1. The zero-order valence-electron chi connectivity index (χ0n) is 17.7. The van der Waals surface area contributed by atoms with E-state index in [-0.39, 0.29) is 12.2 Å². The van der Waals surface area contributed by atoms with Gasteiger partial charge in [-0.1, -0.05) is 48.5 Å². The van der Waals surface area contributed by atoms with Crippen molar-refractivity contribution in [1.82, 2.24) is 5.32 Å². The predicted octanol–water partition coefficient (Wildman–Crippen LogP) is 4.76. The molecule has 0 aliphatic heterocycles. The van der Waals surface area contributed by atoms with E-state index in [1.165, 1.54) is 0 Å². The van der Waals surface area contributed by atoms with Crippen LogP contribution in [0.15, 0.2) is 60.0 Å². The highest BCUT2D eigenvalue weighted by Crippen LogP contribution is 2.26. The number of fused-ring (bicyclic) bond motifs is 1. The number of alkyl carbamates (subject to hydrolysis) is 1. The molecule has 0 unspecified atom stereocenters. The molecular weight excluding hydrogens is 414 g/mol. The maximum Gasteiger partial charge on any atom is 0.408 e. The summed E-state index contributed by atoms with van der Waals surface area (Å²) in [7, 11) is 0. The van der Waals surface area contributed by atoms with Crippen molar-refractivity contribution in [1.29, 1.82) is 0 Å². The Morgan fingerprint density at radius 3 is 2.39 bits per heavy atom. The minimum atomic E-state index is -0.989. The van der Waals surface area contributed by atoms with E-state index in [2.05, 4.69) is 5.32 Å². The first-order valence-corrected chi connectivity index (χ1v) is 10.8. The normalized spacial score (nSPS) is 12.2. The van der Waals surface area contributed by atoms with E-state index in [1.807, 2.05) is 29.6 Å². The van der Waals surface area contributed by atoms with Crippen LogP contribution in [0.2, 0.25) is 0 Å². The summed E-state index contributed by atoms with van der Waals surface area (Å²) in [5.41, 5.74) is 0.653. The van der Waals surface area contributed by atoms with Gasteiger partial charge >= 0.3 is 12.1 Å². The number of Topliss-reactive ketones (excluding diaryl/α,β-unsaturated/α-hetero) is 1. The van der Waals surface area contributed by atoms with Gasteiger partial charge in [0.05, 0.1) is 0 Å².